The SMILES string of the molecule is COc1cccc2c(C)c(C(=O)N3CCN(C(C)C)[C@@H](C(N)=O)C3)[nH]c12. The number of nitrogens with one attached hydrogen (secondary N) is 1. The van der Waals surface area contributed by atoms with Crippen molar-refractivity contribution in [2.45, 2.75) is 32.9 Å². The van der Waals surface area contributed by atoms with E-state index in [1.807, 2.05) is 43.9 Å². The van der Waals surface area contributed by atoms with E-state index in [0.29, 0.717) is 31.1 Å². The molecule has 140 valence electrons. The first-order valence-corrected chi connectivity index (χ1v) is 8.84. The summed E-state index contributed by atoms with van der Waals surface area (Å²) >= 11 is 0. The van der Waals surface area contributed by atoms with Crippen LogP contribution in [0.2, 0.25) is 0 Å². The Labute approximate surface area is 153 Å². The molecule has 1 fully saturated rings. The highest BCUT2D eigenvalue weighted by atomic mass is 16.5. The number of primary amides is 1. The van der Waals surface area contributed by atoms with Crippen LogP contribution in [0.3, 0.4) is 0 Å². The van der Waals surface area contributed by atoms with Crippen LogP contribution in [0.15, 0.2) is 18.2 Å². The summed E-state index contributed by atoms with van der Waals surface area (Å²) in [5.41, 5.74) is 7.80. The van der Waals surface area contributed by atoms with Gasteiger partial charge in [0.1, 0.15) is 17.5 Å². The number of piperazine rings is 1. The lowest BCUT2D eigenvalue weighted by Crippen LogP contribution is -2.61. The van der Waals surface area contributed by atoms with Gasteiger partial charge in [-0.2, -0.15) is 0 Å². The Morgan fingerprint density at radius 3 is 2.65 bits per heavy atom. The largest absolute Gasteiger partial charge is 0.495 e. The number of para-hydroxylation sites is 1. The van der Waals surface area contributed by atoms with Gasteiger partial charge in [0.2, 0.25) is 5.91 Å². The lowest BCUT2D eigenvalue weighted by atomic mass is 10.1. The first kappa shape index (κ1) is 18.3. The Morgan fingerprint density at radius 2 is 2.04 bits per heavy atom. The van der Waals surface area contributed by atoms with Crippen LogP contribution in [0.25, 0.3) is 10.9 Å². The molecule has 1 atom stereocenters. The van der Waals surface area contributed by atoms with Crippen LogP contribution in [-0.2, 0) is 4.79 Å². The van der Waals surface area contributed by atoms with Crippen LogP contribution in [-0.4, -0.2) is 65.4 Å². The smallest absolute Gasteiger partial charge is 0.270 e. The van der Waals surface area contributed by atoms with Crippen molar-refractivity contribution in [1.82, 2.24) is 14.8 Å². The molecule has 2 aromatic rings. The molecular formula is C19H26N4O3. The Balaban J connectivity index is 1.91. The van der Waals surface area contributed by atoms with E-state index in [-0.39, 0.29) is 11.9 Å². The minimum absolute atomic E-state index is 0.115. The van der Waals surface area contributed by atoms with Gasteiger partial charge in [-0.25, -0.2) is 0 Å². The zero-order valence-corrected chi connectivity index (χ0v) is 15.7. The van der Waals surface area contributed by atoms with Gasteiger partial charge >= 0.3 is 0 Å². The first-order valence-electron chi connectivity index (χ1n) is 8.84. The molecule has 1 aromatic heterocycles. The highest BCUT2D eigenvalue weighted by Crippen LogP contribution is 2.30. The van der Waals surface area contributed by atoms with E-state index in [9.17, 15) is 9.59 Å². The number of carbonyl (C=O) groups is 2. The second kappa shape index (κ2) is 6.99. The molecule has 1 saturated heterocycles. The maximum absolute atomic E-state index is 13.1. The number of nitrogens with two attached hydrogens (primary N) is 1. The Kier molecular flexibility index (Phi) is 4.91. The summed E-state index contributed by atoms with van der Waals surface area (Å²) in [6.07, 6.45) is 0. The number of carbonyl (C=O) groups excluding carboxylic acids is 2. The summed E-state index contributed by atoms with van der Waals surface area (Å²) in [5, 5.41) is 0.958. The summed E-state index contributed by atoms with van der Waals surface area (Å²) in [4.78, 5) is 32.0. The molecule has 26 heavy (non-hydrogen) atoms. The first-order chi connectivity index (χ1) is 12.3. The minimum atomic E-state index is -0.466. The number of fused-ring (bicyclic) bond motifs is 1. The number of aryl methyl sites for hydroxylation is 1. The number of rotatable bonds is 4. The maximum atomic E-state index is 13.1. The second-order valence-corrected chi connectivity index (χ2v) is 7.01. The lowest BCUT2D eigenvalue weighted by molar-refractivity contribution is -0.126. The Hall–Kier alpha value is -2.54. The molecule has 0 saturated carbocycles. The number of aromatic nitrogens is 1. The fourth-order valence-corrected chi connectivity index (χ4v) is 3.72. The predicted octanol–water partition coefficient (Wildman–Crippen LogP) is 1.51. The zero-order chi connectivity index (χ0) is 19.0. The zero-order valence-electron chi connectivity index (χ0n) is 15.7. The summed E-state index contributed by atoms with van der Waals surface area (Å²) < 4.78 is 5.39. The molecule has 3 rings (SSSR count). The number of ether oxygens (including phenoxy) is 1. The summed E-state index contributed by atoms with van der Waals surface area (Å²) in [6, 6.07) is 5.46. The number of nitrogens with zero attached hydrogens (tertiary/aromatic N) is 2. The van der Waals surface area contributed by atoms with Crippen LogP contribution in [0.5, 0.6) is 5.75 Å². The van der Waals surface area contributed by atoms with E-state index in [2.05, 4.69) is 4.98 Å². The quantitative estimate of drug-likeness (QED) is 0.866. The molecule has 1 aliphatic heterocycles. The van der Waals surface area contributed by atoms with Gasteiger partial charge in [-0.1, -0.05) is 12.1 Å². The van der Waals surface area contributed by atoms with E-state index < -0.39 is 11.9 Å². The monoisotopic (exact) mass is 358 g/mol. The molecule has 0 aliphatic carbocycles. The number of H-pyrrole nitrogens is 1. The molecule has 0 bridgehead atoms. The average Bonchev–Trinajstić information content (AvgIpc) is 2.97. The summed E-state index contributed by atoms with van der Waals surface area (Å²) in [6.45, 7) is 7.47. The Bertz CT molecular complexity index is 843. The van der Waals surface area contributed by atoms with Gasteiger partial charge < -0.3 is 20.4 Å². The van der Waals surface area contributed by atoms with Gasteiger partial charge in [0.25, 0.3) is 5.91 Å². The van der Waals surface area contributed by atoms with Crippen LogP contribution in [0.1, 0.15) is 29.9 Å². The third-order valence-corrected chi connectivity index (χ3v) is 5.19. The maximum Gasteiger partial charge on any atom is 0.270 e. The lowest BCUT2D eigenvalue weighted by Gasteiger charge is -2.41. The number of amides is 2. The van der Waals surface area contributed by atoms with Crippen molar-refractivity contribution in [1.29, 1.82) is 0 Å². The fraction of sp³-hybridized carbons (Fsp3) is 0.474. The van der Waals surface area contributed by atoms with Gasteiger partial charge in [-0.3, -0.25) is 14.5 Å². The van der Waals surface area contributed by atoms with Crippen molar-refractivity contribution in [3.63, 3.8) is 0 Å². The number of benzene rings is 1. The standard InChI is InChI=1S/C19H26N4O3/c1-11(2)23-9-8-22(10-14(23)18(20)24)19(25)16-12(3)13-6-5-7-15(26-4)17(13)21-16/h5-7,11,14,21H,8-10H2,1-4H3,(H2,20,24)/t14-/m1/s1. The van der Waals surface area contributed by atoms with Crippen LogP contribution < -0.4 is 10.5 Å². The summed E-state index contributed by atoms with van der Waals surface area (Å²) in [7, 11) is 1.61. The van der Waals surface area contributed by atoms with Gasteiger partial charge in [-0.05, 0) is 32.4 Å². The number of hydrogen-bond acceptors (Lipinski definition) is 4. The van der Waals surface area contributed by atoms with Crippen LogP contribution >= 0.6 is 0 Å². The number of aromatic amines is 1. The van der Waals surface area contributed by atoms with E-state index in [4.69, 9.17) is 10.5 Å². The molecule has 0 radical (unpaired) electrons. The van der Waals surface area contributed by atoms with Gasteiger partial charge in [0.15, 0.2) is 0 Å². The van der Waals surface area contributed by atoms with Crippen molar-refractivity contribution in [3.8, 4) is 5.75 Å². The molecule has 2 amide bonds. The van der Waals surface area contributed by atoms with Crippen molar-refractivity contribution < 1.29 is 14.3 Å². The normalized spacial score (nSPS) is 18.5. The third kappa shape index (κ3) is 3.03. The van der Waals surface area contributed by atoms with Crippen LogP contribution in [0, 0.1) is 6.92 Å². The fourth-order valence-electron chi connectivity index (χ4n) is 3.72. The van der Waals surface area contributed by atoms with Crippen molar-refractivity contribution in [2.75, 3.05) is 26.7 Å². The van der Waals surface area contributed by atoms with Crippen molar-refractivity contribution >= 4 is 22.7 Å². The van der Waals surface area contributed by atoms with E-state index in [1.165, 1.54) is 0 Å². The highest BCUT2D eigenvalue weighted by Gasteiger charge is 2.35. The third-order valence-electron chi connectivity index (χ3n) is 5.19. The molecule has 2 heterocycles. The van der Waals surface area contributed by atoms with E-state index in [1.54, 1.807) is 12.0 Å². The van der Waals surface area contributed by atoms with E-state index >= 15 is 0 Å². The van der Waals surface area contributed by atoms with Gasteiger partial charge in [-0.15, -0.1) is 0 Å². The van der Waals surface area contributed by atoms with Gasteiger partial charge in [0.05, 0.1) is 12.6 Å². The molecule has 1 aliphatic rings. The average molecular weight is 358 g/mol. The predicted molar refractivity (Wildman–Crippen MR) is 100 cm³/mol. The molecule has 7 heteroatoms. The molecule has 3 N–H and O–H groups in total. The van der Waals surface area contributed by atoms with E-state index in [0.717, 1.165) is 16.5 Å². The Morgan fingerprint density at radius 1 is 1.31 bits per heavy atom. The van der Waals surface area contributed by atoms with Crippen LogP contribution in [0.4, 0.5) is 0 Å². The topological polar surface area (TPSA) is 91.7 Å². The van der Waals surface area contributed by atoms with Crippen molar-refractivity contribution in [3.05, 3.63) is 29.5 Å². The summed E-state index contributed by atoms with van der Waals surface area (Å²) in [5.74, 6) is 0.186. The van der Waals surface area contributed by atoms with Crippen molar-refractivity contribution in [2.24, 2.45) is 5.73 Å². The molecule has 0 spiro atoms. The number of hydrogen-bond donors (Lipinski definition) is 2. The minimum Gasteiger partial charge on any atom is -0.495 e. The van der Waals surface area contributed by atoms with Gasteiger partial charge in [0, 0.05) is 31.1 Å². The highest BCUT2D eigenvalue weighted by molar-refractivity contribution is 6.02. The second-order valence-electron chi connectivity index (χ2n) is 7.01. The molecule has 7 nitrogen and oxygen atoms in total. The number of methoxy groups -OCH3 is 1. The molecular weight excluding hydrogens is 332 g/mol. The molecule has 0 unspecified atom stereocenters. The molecule has 1 aromatic carbocycles.